The van der Waals surface area contributed by atoms with E-state index in [0.717, 1.165) is 23.7 Å². The van der Waals surface area contributed by atoms with Crippen molar-refractivity contribution in [1.82, 2.24) is 9.55 Å². The zero-order chi connectivity index (χ0) is 15.4. The Bertz CT molecular complexity index is 670. The SMILES string of the molecule is CC(C)C1(Cn2c(C(C)(C)C)nc3cc(N)ccc32)CC1. The number of nitrogens with two attached hydrogens (primary N) is 1. The van der Waals surface area contributed by atoms with Crippen molar-refractivity contribution in [2.75, 3.05) is 5.73 Å². The number of imidazole rings is 1. The molecule has 0 atom stereocenters. The zero-order valence-electron chi connectivity index (χ0n) is 13.9. The van der Waals surface area contributed by atoms with Gasteiger partial charge in [-0.15, -0.1) is 0 Å². The summed E-state index contributed by atoms with van der Waals surface area (Å²) in [4.78, 5) is 4.90. The normalized spacial score (nSPS) is 17.6. The molecule has 0 spiro atoms. The highest BCUT2D eigenvalue weighted by molar-refractivity contribution is 5.80. The van der Waals surface area contributed by atoms with Gasteiger partial charge in [-0.25, -0.2) is 4.98 Å². The van der Waals surface area contributed by atoms with Crippen molar-refractivity contribution >= 4 is 16.7 Å². The molecule has 0 bridgehead atoms. The van der Waals surface area contributed by atoms with Crippen LogP contribution < -0.4 is 5.73 Å². The molecular formula is C18H27N3. The minimum atomic E-state index is 0.0425. The van der Waals surface area contributed by atoms with Crippen molar-refractivity contribution < 1.29 is 0 Å². The van der Waals surface area contributed by atoms with E-state index in [2.05, 4.69) is 45.3 Å². The van der Waals surface area contributed by atoms with Crippen LogP contribution in [0.15, 0.2) is 18.2 Å². The molecule has 1 heterocycles. The molecule has 2 N–H and O–H groups in total. The van der Waals surface area contributed by atoms with Crippen LogP contribution in [0.5, 0.6) is 0 Å². The van der Waals surface area contributed by atoms with Crippen LogP contribution in [0, 0.1) is 11.3 Å². The maximum Gasteiger partial charge on any atom is 0.115 e. The van der Waals surface area contributed by atoms with Gasteiger partial charge in [0.25, 0.3) is 0 Å². The summed E-state index contributed by atoms with van der Waals surface area (Å²) in [6.45, 7) is 12.5. The van der Waals surface area contributed by atoms with Crippen LogP contribution in [0.4, 0.5) is 5.69 Å². The topological polar surface area (TPSA) is 43.8 Å². The average Bonchev–Trinajstić information content (AvgIpc) is 3.05. The standard InChI is InChI=1S/C18H27N3/c1-12(2)18(8-9-18)11-21-15-7-6-13(19)10-14(15)20-16(21)17(3,4)5/h6-7,10,12H,8-9,11,19H2,1-5H3. The van der Waals surface area contributed by atoms with Crippen LogP contribution in [0.1, 0.15) is 53.3 Å². The van der Waals surface area contributed by atoms with E-state index in [1.807, 2.05) is 12.1 Å². The van der Waals surface area contributed by atoms with E-state index in [-0.39, 0.29) is 5.41 Å². The fourth-order valence-electron chi connectivity index (χ4n) is 3.27. The van der Waals surface area contributed by atoms with Crippen molar-refractivity contribution in [2.45, 2.75) is 59.4 Å². The summed E-state index contributed by atoms with van der Waals surface area (Å²) in [5.41, 5.74) is 9.48. The lowest BCUT2D eigenvalue weighted by atomic mass is 9.91. The zero-order valence-corrected chi connectivity index (χ0v) is 13.9. The molecule has 0 unspecified atom stereocenters. The summed E-state index contributed by atoms with van der Waals surface area (Å²) in [5, 5.41) is 0. The molecule has 0 aliphatic heterocycles. The maximum absolute atomic E-state index is 5.93. The van der Waals surface area contributed by atoms with E-state index in [4.69, 9.17) is 10.7 Å². The number of aromatic nitrogens is 2. The van der Waals surface area contributed by atoms with E-state index in [0.29, 0.717) is 5.41 Å². The van der Waals surface area contributed by atoms with Gasteiger partial charge in [-0.05, 0) is 42.4 Å². The number of hydrogen-bond acceptors (Lipinski definition) is 2. The van der Waals surface area contributed by atoms with Crippen molar-refractivity contribution in [1.29, 1.82) is 0 Å². The molecule has 21 heavy (non-hydrogen) atoms. The molecule has 3 rings (SSSR count). The quantitative estimate of drug-likeness (QED) is 0.852. The first kappa shape index (κ1) is 14.4. The fraction of sp³-hybridized carbons (Fsp3) is 0.611. The summed E-state index contributed by atoms with van der Waals surface area (Å²) in [6, 6.07) is 6.11. The minimum Gasteiger partial charge on any atom is -0.399 e. The second-order valence-electron chi connectivity index (χ2n) is 8.04. The lowest BCUT2D eigenvalue weighted by Crippen LogP contribution is -2.24. The number of hydrogen-bond donors (Lipinski definition) is 1. The first-order chi connectivity index (χ1) is 9.73. The molecule has 1 aliphatic rings. The smallest absolute Gasteiger partial charge is 0.115 e. The molecule has 2 aromatic rings. The van der Waals surface area contributed by atoms with Crippen LogP contribution >= 0.6 is 0 Å². The molecular weight excluding hydrogens is 258 g/mol. The largest absolute Gasteiger partial charge is 0.399 e. The van der Waals surface area contributed by atoms with Gasteiger partial charge in [-0.3, -0.25) is 0 Å². The predicted molar refractivity (Wildman–Crippen MR) is 89.4 cm³/mol. The Morgan fingerprint density at radius 1 is 1.29 bits per heavy atom. The van der Waals surface area contributed by atoms with Crippen molar-refractivity contribution in [2.24, 2.45) is 11.3 Å². The summed E-state index contributed by atoms with van der Waals surface area (Å²) >= 11 is 0. The van der Waals surface area contributed by atoms with E-state index >= 15 is 0 Å². The van der Waals surface area contributed by atoms with E-state index < -0.39 is 0 Å². The van der Waals surface area contributed by atoms with Gasteiger partial charge < -0.3 is 10.3 Å². The molecule has 3 nitrogen and oxygen atoms in total. The van der Waals surface area contributed by atoms with Gasteiger partial charge in [0.15, 0.2) is 0 Å². The van der Waals surface area contributed by atoms with Crippen LogP contribution in [0.25, 0.3) is 11.0 Å². The van der Waals surface area contributed by atoms with Crippen molar-refractivity contribution in [3.05, 3.63) is 24.0 Å². The van der Waals surface area contributed by atoms with Gasteiger partial charge >= 0.3 is 0 Å². The minimum absolute atomic E-state index is 0.0425. The van der Waals surface area contributed by atoms with Gasteiger partial charge in [0.1, 0.15) is 5.82 Å². The predicted octanol–water partition coefficient (Wildman–Crippen LogP) is 4.35. The molecule has 1 aliphatic carbocycles. The summed E-state index contributed by atoms with van der Waals surface area (Å²) in [6.07, 6.45) is 2.67. The number of nitrogen functional groups attached to an aromatic ring is 1. The third kappa shape index (κ3) is 2.43. The maximum atomic E-state index is 5.93. The van der Waals surface area contributed by atoms with Crippen LogP contribution in [-0.4, -0.2) is 9.55 Å². The Morgan fingerprint density at radius 3 is 2.48 bits per heavy atom. The summed E-state index contributed by atoms with van der Waals surface area (Å²) < 4.78 is 2.45. The molecule has 0 radical (unpaired) electrons. The van der Waals surface area contributed by atoms with Gasteiger partial charge in [-0.1, -0.05) is 34.6 Å². The molecule has 3 heteroatoms. The Labute approximate surface area is 127 Å². The third-order valence-electron chi connectivity index (χ3n) is 5.03. The van der Waals surface area contributed by atoms with Gasteiger partial charge in [0.2, 0.25) is 0 Å². The number of benzene rings is 1. The molecule has 0 amide bonds. The highest BCUT2D eigenvalue weighted by Crippen LogP contribution is 2.53. The second kappa shape index (κ2) is 4.49. The summed E-state index contributed by atoms with van der Waals surface area (Å²) in [5.74, 6) is 1.89. The van der Waals surface area contributed by atoms with Gasteiger partial charge in [0, 0.05) is 17.6 Å². The Kier molecular flexibility index (Phi) is 3.09. The van der Waals surface area contributed by atoms with E-state index in [1.54, 1.807) is 0 Å². The fourth-order valence-corrected chi connectivity index (χ4v) is 3.27. The average molecular weight is 285 g/mol. The van der Waals surface area contributed by atoms with E-state index in [1.165, 1.54) is 24.2 Å². The molecule has 1 saturated carbocycles. The molecule has 114 valence electrons. The Hall–Kier alpha value is -1.51. The molecule has 1 aromatic heterocycles. The van der Waals surface area contributed by atoms with Gasteiger partial charge in [-0.2, -0.15) is 0 Å². The number of rotatable bonds is 3. The highest BCUT2D eigenvalue weighted by atomic mass is 15.1. The van der Waals surface area contributed by atoms with E-state index in [9.17, 15) is 0 Å². The first-order valence-corrected chi connectivity index (χ1v) is 7.99. The molecule has 0 saturated heterocycles. The number of nitrogens with zero attached hydrogens (tertiary/aromatic N) is 2. The third-order valence-corrected chi connectivity index (χ3v) is 5.03. The van der Waals surface area contributed by atoms with Gasteiger partial charge in [0.05, 0.1) is 11.0 Å². The lowest BCUT2D eigenvalue weighted by molar-refractivity contribution is 0.302. The molecule has 1 fully saturated rings. The first-order valence-electron chi connectivity index (χ1n) is 7.99. The Morgan fingerprint density at radius 2 is 1.95 bits per heavy atom. The number of anilines is 1. The lowest BCUT2D eigenvalue weighted by Gasteiger charge is -2.26. The molecule has 1 aromatic carbocycles. The van der Waals surface area contributed by atoms with Crippen LogP contribution in [0.2, 0.25) is 0 Å². The van der Waals surface area contributed by atoms with Crippen LogP contribution in [-0.2, 0) is 12.0 Å². The van der Waals surface area contributed by atoms with Crippen molar-refractivity contribution in [3.63, 3.8) is 0 Å². The highest BCUT2D eigenvalue weighted by Gasteiger charge is 2.46. The monoisotopic (exact) mass is 285 g/mol. The van der Waals surface area contributed by atoms with Crippen molar-refractivity contribution in [3.8, 4) is 0 Å². The van der Waals surface area contributed by atoms with Crippen LogP contribution in [0.3, 0.4) is 0 Å². The number of fused-ring (bicyclic) bond motifs is 1. The second-order valence-corrected chi connectivity index (χ2v) is 8.04. The summed E-state index contributed by atoms with van der Waals surface area (Å²) in [7, 11) is 0. The Balaban J connectivity index is 2.14.